The van der Waals surface area contributed by atoms with E-state index in [0.29, 0.717) is 37.0 Å². The molecule has 1 aliphatic heterocycles. The predicted octanol–water partition coefficient (Wildman–Crippen LogP) is 2.73. The topological polar surface area (TPSA) is 111 Å². The van der Waals surface area contributed by atoms with Crippen LogP contribution in [0.4, 0.5) is 5.69 Å². The van der Waals surface area contributed by atoms with E-state index >= 15 is 0 Å². The first-order valence-electron chi connectivity index (χ1n) is 10.5. The first-order valence-corrected chi connectivity index (χ1v) is 12.3. The molecule has 0 bridgehead atoms. The molecule has 0 aliphatic carbocycles. The second-order valence-corrected chi connectivity index (χ2v) is 9.85. The van der Waals surface area contributed by atoms with Crippen LogP contribution < -0.4 is 10.9 Å². The number of sulfonamides is 1. The van der Waals surface area contributed by atoms with Gasteiger partial charge < -0.3 is 10.1 Å². The molecule has 0 atom stereocenters. The average Bonchev–Trinajstić information content (AvgIpc) is 2.82. The summed E-state index contributed by atoms with van der Waals surface area (Å²) < 4.78 is 33.9. The van der Waals surface area contributed by atoms with Crippen LogP contribution >= 0.6 is 11.6 Å². The molecule has 0 unspecified atom stereocenters. The van der Waals surface area contributed by atoms with Crippen LogP contribution in [-0.4, -0.2) is 54.7 Å². The first-order chi connectivity index (χ1) is 15.8. The number of benzene rings is 2. The maximum atomic E-state index is 13.1. The van der Waals surface area contributed by atoms with Crippen LogP contribution in [0.1, 0.15) is 23.8 Å². The number of hydrogen-bond acceptors (Lipinski definition) is 6. The van der Waals surface area contributed by atoms with E-state index in [1.807, 2.05) is 6.92 Å². The molecule has 1 aromatic heterocycles. The predicted molar refractivity (Wildman–Crippen MR) is 125 cm³/mol. The highest BCUT2D eigenvalue weighted by molar-refractivity contribution is 7.89. The lowest BCUT2D eigenvalue weighted by atomic mass is 10.1. The number of aryl methyl sites for hydroxylation is 1. The number of ether oxygens (including phenoxy) is 1. The lowest BCUT2D eigenvalue weighted by Crippen LogP contribution is -2.40. The fourth-order valence-corrected chi connectivity index (χ4v) is 5.57. The van der Waals surface area contributed by atoms with Crippen molar-refractivity contribution < 1.29 is 17.9 Å². The molecule has 174 valence electrons. The molecule has 4 rings (SSSR count). The van der Waals surface area contributed by atoms with Crippen LogP contribution in [0.3, 0.4) is 0 Å². The maximum absolute atomic E-state index is 13.1. The number of carbonyl (C=O) groups is 1. The Bertz CT molecular complexity index is 1370. The fraction of sp³-hybridized carbons (Fsp3) is 0.318. The summed E-state index contributed by atoms with van der Waals surface area (Å²) in [4.78, 5) is 25.7. The van der Waals surface area contributed by atoms with Gasteiger partial charge in [0.15, 0.2) is 5.69 Å². The fourth-order valence-electron chi connectivity index (χ4n) is 3.66. The van der Waals surface area contributed by atoms with E-state index in [1.165, 1.54) is 27.2 Å². The number of aromatic nitrogens is 2. The van der Waals surface area contributed by atoms with Gasteiger partial charge >= 0.3 is 0 Å². The Labute approximate surface area is 196 Å². The monoisotopic (exact) mass is 490 g/mol. The van der Waals surface area contributed by atoms with Gasteiger partial charge in [-0.3, -0.25) is 9.59 Å². The van der Waals surface area contributed by atoms with Crippen LogP contribution in [0.15, 0.2) is 52.2 Å². The van der Waals surface area contributed by atoms with E-state index in [2.05, 4.69) is 10.4 Å². The summed E-state index contributed by atoms with van der Waals surface area (Å²) >= 11 is 6.20. The molecule has 1 fully saturated rings. The second kappa shape index (κ2) is 9.60. The molecule has 1 saturated heterocycles. The summed E-state index contributed by atoms with van der Waals surface area (Å²) in [6, 6.07) is 11.0. The van der Waals surface area contributed by atoms with E-state index in [1.54, 1.807) is 24.3 Å². The molecule has 33 heavy (non-hydrogen) atoms. The van der Waals surface area contributed by atoms with Crippen LogP contribution in [0.25, 0.3) is 10.8 Å². The van der Waals surface area contributed by atoms with Gasteiger partial charge in [-0.05, 0) is 30.7 Å². The van der Waals surface area contributed by atoms with Gasteiger partial charge in [-0.15, -0.1) is 0 Å². The number of amides is 1. The van der Waals surface area contributed by atoms with E-state index in [4.69, 9.17) is 16.3 Å². The highest BCUT2D eigenvalue weighted by Crippen LogP contribution is 2.28. The number of fused-ring (bicyclic) bond motifs is 1. The van der Waals surface area contributed by atoms with Crippen molar-refractivity contribution in [1.29, 1.82) is 0 Å². The third-order valence-corrected chi connectivity index (χ3v) is 7.68. The maximum Gasteiger partial charge on any atom is 0.276 e. The molecule has 0 saturated carbocycles. The number of halogens is 1. The SMILES string of the molecule is CCCn1nc(C(=O)Nc2ccc(Cl)c(S(=O)(=O)N3CCOCC3)c2)c2ccccc2c1=O. The third kappa shape index (κ3) is 4.65. The number of hydrogen-bond donors (Lipinski definition) is 1. The molecule has 0 radical (unpaired) electrons. The van der Waals surface area contributed by atoms with Crippen molar-refractivity contribution in [3.05, 3.63) is 63.5 Å². The number of carbonyl (C=O) groups excluding carboxylic acids is 1. The smallest absolute Gasteiger partial charge is 0.276 e. The summed E-state index contributed by atoms with van der Waals surface area (Å²) in [6.07, 6.45) is 0.673. The Kier molecular flexibility index (Phi) is 6.80. The van der Waals surface area contributed by atoms with Crippen LogP contribution in [-0.2, 0) is 21.3 Å². The lowest BCUT2D eigenvalue weighted by Gasteiger charge is -2.26. The summed E-state index contributed by atoms with van der Waals surface area (Å²) in [5, 5.41) is 7.83. The minimum absolute atomic E-state index is 0.0551. The number of nitrogens with one attached hydrogen (secondary N) is 1. The summed E-state index contributed by atoms with van der Waals surface area (Å²) in [5.41, 5.74) is 0.0518. The van der Waals surface area contributed by atoms with Gasteiger partial charge in [0.25, 0.3) is 11.5 Å². The van der Waals surface area contributed by atoms with Crippen molar-refractivity contribution in [3.8, 4) is 0 Å². The quantitative estimate of drug-likeness (QED) is 0.568. The van der Waals surface area contributed by atoms with Crippen molar-refractivity contribution in [2.45, 2.75) is 24.8 Å². The Morgan fingerprint density at radius 3 is 2.55 bits per heavy atom. The minimum Gasteiger partial charge on any atom is -0.379 e. The van der Waals surface area contributed by atoms with E-state index in [0.717, 1.165) is 0 Å². The zero-order chi connectivity index (χ0) is 23.6. The first kappa shape index (κ1) is 23.4. The largest absolute Gasteiger partial charge is 0.379 e. The van der Waals surface area contributed by atoms with Gasteiger partial charge in [-0.2, -0.15) is 9.40 Å². The number of rotatable bonds is 6. The molecule has 1 aliphatic rings. The minimum atomic E-state index is -3.86. The number of nitrogens with zero attached hydrogens (tertiary/aromatic N) is 3. The average molecular weight is 491 g/mol. The molecule has 2 aromatic carbocycles. The Morgan fingerprint density at radius 1 is 1.15 bits per heavy atom. The van der Waals surface area contributed by atoms with Crippen molar-refractivity contribution in [2.24, 2.45) is 0 Å². The van der Waals surface area contributed by atoms with Crippen LogP contribution in [0.5, 0.6) is 0 Å². The van der Waals surface area contributed by atoms with Crippen molar-refractivity contribution >= 4 is 44.0 Å². The molecule has 1 amide bonds. The van der Waals surface area contributed by atoms with Crippen LogP contribution in [0, 0.1) is 0 Å². The van der Waals surface area contributed by atoms with Gasteiger partial charge in [0, 0.05) is 30.7 Å². The molecule has 1 N–H and O–H groups in total. The molecular weight excluding hydrogens is 468 g/mol. The molecule has 0 spiro atoms. The Hall–Kier alpha value is -2.79. The van der Waals surface area contributed by atoms with Crippen molar-refractivity contribution in [1.82, 2.24) is 14.1 Å². The number of morpholine rings is 1. The second-order valence-electron chi connectivity index (χ2n) is 7.54. The Morgan fingerprint density at radius 2 is 1.85 bits per heavy atom. The zero-order valence-corrected chi connectivity index (χ0v) is 19.5. The zero-order valence-electron chi connectivity index (χ0n) is 18.0. The normalized spacial score (nSPS) is 15.0. The third-order valence-electron chi connectivity index (χ3n) is 5.30. The van der Waals surface area contributed by atoms with Gasteiger partial charge in [-0.25, -0.2) is 13.1 Å². The molecular formula is C22H23ClN4O5S. The molecule has 2 heterocycles. The van der Waals surface area contributed by atoms with Gasteiger partial charge in [0.05, 0.1) is 23.6 Å². The summed E-state index contributed by atoms with van der Waals surface area (Å²) in [5.74, 6) is -0.562. The number of anilines is 1. The highest BCUT2D eigenvalue weighted by Gasteiger charge is 2.29. The van der Waals surface area contributed by atoms with Crippen molar-refractivity contribution in [3.63, 3.8) is 0 Å². The van der Waals surface area contributed by atoms with Crippen molar-refractivity contribution in [2.75, 3.05) is 31.6 Å². The molecule has 3 aromatic rings. The van der Waals surface area contributed by atoms with E-state index in [9.17, 15) is 18.0 Å². The molecule has 11 heteroatoms. The van der Waals surface area contributed by atoms with Gasteiger partial charge in [0.2, 0.25) is 10.0 Å². The summed E-state index contributed by atoms with van der Waals surface area (Å²) in [7, 11) is -3.86. The van der Waals surface area contributed by atoms with E-state index < -0.39 is 15.9 Å². The van der Waals surface area contributed by atoms with Gasteiger partial charge in [0.1, 0.15) is 4.90 Å². The van der Waals surface area contributed by atoms with E-state index in [-0.39, 0.29) is 39.9 Å². The van der Waals surface area contributed by atoms with Crippen LogP contribution in [0.2, 0.25) is 5.02 Å². The lowest BCUT2D eigenvalue weighted by molar-refractivity contribution is 0.0730. The summed E-state index contributed by atoms with van der Waals surface area (Å²) in [6.45, 7) is 3.34. The Balaban J connectivity index is 1.70. The standard InChI is InChI=1S/C22H23ClN4O5S/c1-2-9-27-22(29)17-6-4-3-5-16(17)20(25-27)21(28)24-15-7-8-18(23)19(14-15)33(30,31)26-10-12-32-13-11-26/h3-8,14H,2,9-13H2,1H3,(H,24,28). The highest BCUT2D eigenvalue weighted by atomic mass is 35.5. The molecule has 9 nitrogen and oxygen atoms in total. The van der Waals surface area contributed by atoms with Gasteiger partial charge in [-0.1, -0.05) is 36.7 Å².